The zero-order chi connectivity index (χ0) is 25.1. The summed E-state index contributed by atoms with van der Waals surface area (Å²) in [5, 5.41) is 11.2. The number of aryl methyl sites for hydroxylation is 1. The molecular weight excluding hydrogens is 456 g/mol. The predicted octanol–water partition coefficient (Wildman–Crippen LogP) is 4.13. The molecule has 36 heavy (non-hydrogen) atoms. The number of imidazole rings is 1. The maximum atomic E-state index is 12.8. The molecule has 0 atom stereocenters. The lowest BCUT2D eigenvalue weighted by Gasteiger charge is -2.17. The molecule has 6 rings (SSSR count). The molecule has 1 aliphatic rings. The van der Waals surface area contributed by atoms with Gasteiger partial charge in [0.05, 0.1) is 22.8 Å². The van der Waals surface area contributed by atoms with E-state index in [-0.39, 0.29) is 17.1 Å². The molecule has 10 nitrogen and oxygen atoms in total. The molecule has 0 bridgehead atoms. The predicted molar refractivity (Wildman–Crippen MR) is 133 cm³/mol. The van der Waals surface area contributed by atoms with E-state index in [4.69, 9.17) is 4.52 Å². The van der Waals surface area contributed by atoms with Crippen LogP contribution in [0.25, 0.3) is 33.7 Å². The van der Waals surface area contributed by atoms with Crippen LogP contribution >= 0.6 is 0 Å². The van der Waals surface area contributed by atoms with Crippen LogP contribution in [0.3, 0.4) is 0 Å². The van der Waals surface area contributed by atoms with Gasteiger partial charge in [0.25, 0.3) is 11.7 Å². The van der Waals surface area contributed by atoms with Gasteiger partial charge in [0.1, 0.15) is 5.82 Å². The molecule has 0 saturated heterocycles. The summed E-state index contributed by atoms with van der Waals surface area (Å²) in [5.41, 5.74) is 4.77. The minimum Gasteiger partial charge on any atom is -0.340 e. The molecule has 0 radical (unpaired) electrons. The van der Waals surface area contributed by atoms with Gasteiger partial charge in [-0.25, -0.2) is 9.97 Å². The van der Waals surface area contributed by atoms with Crippen molar-refractivity contribution < 1.29 is 9.32 Å². The normalized spacial score (nSPS) is 14.8. The lowest BCUT2D eigenvalue weighted by atomic mass is 9.97. The monoisotopic (exact) mass is 482 g/mol. The number of carbonyl (C=O) groups excluding carboxylic acids is 1. The molecule has 1 saturated carbocycles. The van der Waals surface area contributed by atoms with Crippen LogP contribution in [-0.4, -0.2) is 40.8 Å². The number of nitrogens with zero attached hydrogens (tertiary/aromatic N) is 6. The third kappa shape index (κ3) is 3.84. The number of carbonyl (C=O) groups is 1. The van der Waals surface area contributed by atoms with E-state index in [9.17, 15) is 4.79 Å². The maximum Gasteiger partial charge on any atom is 0.293 e. The summed E-state index contributed by atoms with van der Waals surface area (Å²) in [6.07, 6.45) is 7.16. The summed E-state index contributed by atoms with van der Waals surface area (Å²) in [5.74, 6) is 0.902. The maximum absolute atomic E-state index is 12.8. The minimum atomic E-state index is -0.410. The molecule has 182 valence electrons. The van der Waals surface area contributed by atoms with Gasteiger partial charge in [0.2, 0.25) is 5.89 Å². The molecule has 1 amide bonds. The molecule has 1 fully saturated rings. The molecular formula is C26H26N8O2. The summed E-state index contributed by atoms with van der Waals surface area (Å²) < 4.78 is 7.02. The number of aromatic amines is 1. The van der Waals surface area contributed by atoms with Gasteiger partial charge in [-0.3, -0.25) is 9.48 Å². The largest absolute Gasteiger partial charge is 0.340 e. The van der Waals surface area contributed by atoms with Gasteiger partial charge in [-0.15, -0.1) is 0 Å². The standard InChI is InChI=1S/C26H26N8O2/c1-25(2,3)24-31-22(33-36-24)23(35)32-26(10-11-26)17-7-5-15(6-8-17)18-9-12-27-21-19(18)29-20(30-21)16-13-28-34(4)14-16/h5-9,12-14H,10-11H2,1-4H3,(H,32,35)(H,27,29,30). The fourth-order valence-corrected chi connectivity index (χ4v) is 4.31. The Kier molecular flexibility index (Phi) is 4.82. The van der Waals surface area contributed by atoms with Crippen molar-refractivity contribution >= 4 is 17.1 Å². The van der Waals surface area contributed by atoms with Gasteiger partial charge >= 0.3 is 0 Å². The molecule has 5 aromatic rings. The van der Waals surface area contributed by atoms with E-state index in [1.807, 2.05) is 40.1 Å². The molecule has 0 spiro atoms. The smallest absolute Gasteiger partial charge is 0.293 e. The zero-order valence-electron chi connectivity index (χ0n) is 20.5. The third-order valence-electron chi connectivity index (χ3n) is 6.49. The van der Waals surface area contributed by atoms with Crippen LogP contribution in [0.2, 0.25) is 0 Å². The Labute approximate surface area is 207 Å². The van der Waals surface area contributed by atoms with Crippen LogP contribution in [0.5, 0.6) is 0 Å². The van der Waals surface area contributed by atoms with Crippen LogP contribution < -0.4 is 5.32 Å². The van der Waals surface area contributed by atoms with Crippen molar-refractivity contribution in [2.75, 3.05) is 0 Å². The topological polar surface area (TPSA) is 127 Å². The van der Waals surface area contributed by atoms with E-state index in [1.54, 1.807) is 17.1 Å². The van der Waals surface area contributed by atoms with Crippen molar-refractivity contribution in [2.24, 2.45) is 7.05 Å². The fourth-order valence-electron chi connectivity index (χ4n) is 4.31. The number of nitrogens with one attached hydrogen (secondary N) is 2. The Bertz CT molecular complexity index is 1580. The van der Waals surface area contributed by atoms with Gasteiger partial charge in [-0.05, 0) is 30.0 Å². The third-order valence-corrected chi connectivity index (χ3v) is 6.49. The van der Waals surface area contributed by atoms with Crippen molar-refractivity contribution in [3.05, 3.63) is 66.2 Å². The Morgan fingerprint density at radius 1 is 1.11 bits per heavy atom. The number of hydrogen-bond donors (Lipinski definition) is 2. The Hall–Kier alpha value is -4.34. The summed E-state index contributed by atoms with van der Waals surface area (Å²) in [4.78, 5) is 29.6. The first-order valence-corrected chi connectivity index (χ1v) is 11.8. The Balaban J connectivity index is 1.25. The molecule has 1 aliphatic carbocycles. The molecule has 2 N–H and O–H groups in total. The van der Waals surface area contributed by atoms with Gasteiger partial charge in [0.15, 0.2) is 5.65 Å². The fraction of sp³-hybridized carbons (Fsp3) is 0.308. The number of fused-ring (bicyclic) bond motifs is 1. The molecule has 4 heterocycles. The quantitative estimate of drug-likeness (QED) is 0.386. The number of aromatic nitrogens is 7. The van der Waals surface area contributed by atoms with Crippen LogP contribution in [-0.2, 0) is 18.0 Å². The highest BCUT2D eigenvalue weighted by Gasteiger charge is 2.46. The number of rotatable bonds is 5. The van der Waals surface area contributed by atoms with Gasteiger partial charge in [-0.1, -0.05) is 50.2 Å². The molecule has 10 heteroatoms. The SMILES string of the molecule is Cn1cc(-c2nc3nccc(-c4ccc(C5(NC(=O)c6noc(C(C)(C)C)n6)CC5)cc4)c3[nH]2)cn1. The minimum absolute atomic E-state index is 0.0608. The highest BCUT2D eigenvalue weighted by molar-refractivity contribution is 5.92. The molecule has 1 aromatic carbocycles. The lowest BCUT2D eigenvalue weighted by Crippen LogP contribution is -2.35. The van der Waals surface area contributed by atoms with Crippen molar-refractivity contribution in [3.63, 3.8) is 0 Å². The van der Waals surface area contributed by atoms with E-state index < -0.39 is 5.54 Å². The Morgan fingerprint density at radius 2 is 1.89 bits per heavy atom. The second kappa shape index (κ2) is 7.84. The summed E-state index contributed by atoms with van der Waals surface area (Å²) >= 11 is 0. The van der Waals surface area contributed by atoms with Gasteiger partial charge in [-0.2, -0.15) is 10.1 Å². The number of H-pyrrole nitrogens is 1. The van der Waals surface area contributed by atoms with Crippen molar-refractivity contribution in [1.29, 1.82) is 0 Å². The lowest BCUT2D eigenvalue weighted by molar-refractivity contribution is 0.0917. The molecule has 0 unspecified atom stereocenters. The van der Waals surface area contributed by atoms with Crippen LogP contribution in [0.15, 0.2) is 53.4 Å². The van der Waals surface area contributed by atoms with Gasteiger partial charge in [0, 0.05) is 30.4 Å². The van der Waals surface area contributed by atoms with Crippen molar-refractivity contribution in [3.8, 4) is 22.5 Å². The second-order valence-corrected chi connectivity index (χ2v) is 10.3. The first-order chi connectivity index (χ1) is 17.2. The average Bonchev–Trinajstić information content (AvgIpc) is 3.25. The van der Waals surface area contributed by atoms with E-state index in [1.165, 1.54) is 0 Å². The first-order valence-electron chi connectivity index (χ1n) is 11.8. The van der Waals surface area contributed by atoms with Gasteiger partial charge < -0.3 is 14.8 Å². The van der Waals surface area contributed by atoms with E-state index >= 15 is 0 Å². The van der Waals surface area contributed by atoms with E-state index in [0.717, 1.165) is 46.4 Å². The summed E-state index contributed by atoms with van der Waals surface area (Å²) in [6.45, 7) is 5.89. The number of amides is 1. The second-order valence-electron chi connectivity index (χ2n) is 10.3. The average molecular weight is 483 g/mol. The number of hydrogen-bond acceptors (Lipinski definition) is 7. The van der Waals surface area contributed by atoms with Crippen LogP contribution in [0.1, 0.15) is 55.7 Å². The van der Waals surface area contributed by atoms with Crippen molar-refractivity contribution in [2.45, 2.75) is 44.6 Å². The first kappa shape index (κ1) is 22.1. The Morgan fingerprint density at radius 3 is 2.53 bits per heavy atom. The van der Waals surface area contributed by atoms with Crippen molar-refractivity contribution in [1.82, 2.24) is 40.2 Å². The highest BCUT2D eigenvalue weighted by Crippen LogP contribution is 2.46. The van der Waals surface area contributed by atoms with Crippen LogP contribution in [0, 0.1) is 0 Å². The molecule has 4 aromatic heterocycles. The molecule has 0 aliphatic heterocycles. The summed E-state index contributed by atoms with van der Waals surface area (Å²) in [7, 11) is 1.87. The zero-order valence-corrected chi connectivity index (χ0v) is 20.5. The van der Waals surface area contributed by atoms with E-state index in [2.05, 4.69) is 59.8 Å². The van der Waals surface area contributed by atoms with E-state index in [0.29, 0.717) is 11.5 Å². The number of benzene rings is 1. The summed E-state index contributed by atoms with van der Waals surface area (Å²) in [6, 6.07) is 10.2. The highest BCUT2D eigenvalue weighted by atomic mass is 16.5. The number of pyridine rings is 1. The van der Waals surface area contributed by atoms with Crippen LogP contribution in [0.4, 0.5) is 0 Å².